The van der Waals surface area contributed by atoms with E-state index in [1.807, 2.05) is 37.3 Å². The van der Waals surface area contributed by atoms with Crippen LogP contribution in [0.2, 0.25) is 0 Å². The van der Waals surface area contributed by atoms with Gasteiger partial charge in [-0.15, -0.1) is 0 Å². The minimum absolute atomic E-state index is 0.173. The lowest BCUT2D eigenvalue weighted by Gasteiger charge is -2.16. The highest BCUT2D eigenvalue weighted by molar-refractivity contribution is 5.92. The van der Waals surface area contributed by atoms with Gasteiger partial charge in [-0.1, -0.05) is 63.6 Å². The van der Waals surface area contributed by atoms with Gasteiger partial charge in [0.05, 0.1) is 17.1 Å². The molecule has 1 aromatic carbocycles. The number of aryl methyl sites for hydroxylation is 1. The summed E-state index contributed by atoms with van der Waals surface area (Å²) in [6.45, 7) is 5.16. The fourth-order valence-electron chi connectivity index (χ4n) is 3.72. The highest BCUT2D eigenvalue weighted by Crippen LogP contribution is 2.22. The Morgan fingerprint density at radius 2 is 1.72 bits per heavy atom. The summed E-state index contributed by atoms with van der Waals surface area (Å²) in [5.41, 5.74) is 2.53. The first-order valence-corrected chi connectivity index (χ1v) is 10.9. The Morgan fingerprint density at radius 3 is 2.48 bits per heavy atom. The van der Waals surface area contributed by atoms with Crippen LogP contribution in [0.4, 0.5) is 0 Å². The highest BCUT2D eigenvalue weighted by atomic mass is 16.1. The number of hydrogen-bond donors (Lipinski definition) is 1. The number of carbonyl (C=O) groups is 1. The number of nitrogens with one attached hydrogen (secondary N) is 1. The number of amides is 1. The second-order valence-electron chi connectivity index (χ2n) is 7.64. The van der Waals surface area contributed by atoms with Crippen molar-refractivity contribution in [3.8, 4) is 0 Å². The van der Waals surface area contributed by atoms with Gasteiger partial charge in [-0.05, 0) is 37.6 Å². The van der Waals surface area contributed by atoms with Gasteiger partial charge in [0.15, 0.2) is 0 Å². The van der Waals surface area contributed by atoms with E-state index >= 15 is 0 Å². The normalized spacial score (nSPS) is 12.2. The van der Waals surface area contributed by atoms with Crippen molar-refractivity contribution in [3.05, 3.63) is 60.2 Å². The monoisotopic (exact) mass is 392 g/mol. The van der Waals surface area contributed by atoms with Crippen LogP contribution in [0.5, 0.6) is 0 Å². The van der Waals surface area contributed by atoms with Crippen molar-refractivity contribution in [1.29, 1.82) is 0 Å². The molecule has 0 radical (unpaired) electrons. The van der Waals surface area contributed by atoms with Crippen molar-refractivity contribution in [2.24, 2.45) is 0 Å². The summed E-state index contributed by atoms with van der Waals surface area (Å²) in [6, 6.07) is 13.4. The average Bonchev–Trinajstić information content (AvgIpc) is 3.12. The van der Waals surface area contributed by atoms with E-state index in [4.69, 9.17) is 4.98 Å². The number of rotatable bonds is 11. The number of pyridine rings is 1. The molecule has 2 aromatic heterocycles. The van der Waals surface area contributed by atoms with E-state index in [-0.39, 0.29) is 11.9 Å². The van der Waals surface area contributed by atoms with Crippen LogP contribution in [0.3, 0.4) is 0 Å². The molecule has 2 heterocycles. The zero-order valence-corrected chi connectivity index (χ0v) is 17.6. The van der Waals surface area contributed by atoms with Crippen LogP contribution < -0.4 is 5.32 Å². The number of nitrogens with zero attached hydrogens (tertiary/aromatic N) is 3. The second-order valence-corrected chi connectivity index (χ2v) is 7.64. The number of fused-ring (bicyclic) bond motifs is 1. The SMILES string of the molecule is CCCCCCCCCn1c(C(C)NC(=O)c2ccccn2)nc2ccccc21. The molecule has 0 aliphatic rings. The molecule has 5 nitrogen and oxygen atoms in total. The van der Waals surface area contributed by atoms with Crippen molar-refractivity contribution < 1.29 is 4.79 Å². The number of imidazole rings is 1. The van der Waals surface area contributed by atoms with Crippen molar-refractivity contribution >= 4 is 16.9 Å². The number of benzene rings is 1. The Labute approximate surface area is 173 Å². The van der Waals surface area contributed by atoms with Gasteiger partial charge in [-0.3, -0.25) is 9.78 Å². The molecule has 5 heteroatoms. The van der Waals surface area contributed by atoms with Crippen molar-refractivity contribution in [3.63, 3.8) is 0 Å². The first-order chi connectivity index (χ1) is 14.2. The summed E-state index contributed by atoms with van der Waals surface area (Å²) >= 11 is 0. The standard InChI is InChI=1S/C24H32N4O/c1-3-4-5-6-7-8-13-18-28-22-16-10-9-14-20(22)27-23(28)19(2)26-24(29)21-15-11-12-17-25-21/h9-12,14-17,19H,3-8,13,18H2,1-2H3,(H,26,29). The Morgan fingerprint density at radius 1 is 1.00 bits per heavy atom. The topological polar surface area (TPSA) is 59.8 Å². The molecule has 29 heavy (non-hydrogen) atoms. The maximum atomic E-state index is 12.5. The van der Waals surface area contributed by atoms with E-state index in [0.29, 0.717) is 5.69 Å². The van der Waals surface area contributed by atoms with Crippen LogP contribution >= 0.6 is 0 Å². The van der Waals surface area contributed by atoms with E-state index in [1.165, 1.54) is 38.5 Å². The molecule has 1 amide bonds. The number of unbranched alkanes of at least 4 members (excludes halogenated alkanes) is 6. The van der Waals surface area contributed by atoms with Crippen LogP contribution in [0.1, 0.15) is 81.1 Å². The average molecular weight is 393 g/mol. The summed E-state index contributed by atoms with van der Waals surface area (Å²) in [4.78, 5) is 21.5. The predicted molar refractivity (Wildman–Crippen MR) is 118 cm³/mol. The maximum Gasteiger partial charge on any atom is 0.270 e. The lowest BCUT2D eigenvalue weighted by Crippen LogP contribution is -2.29. The molecule has 154 valence electrons. The second kappa shape index (κ2) is 10.7. The Balaban J connectivity index is 1.68. The van der Waals surface area contributed by atoms with Gasteiger partial charge in [0.1, 0.15) is 11.5 Å². The van der Waals surface area contributed by atoms with Gasteiger partial charge in [-0.2, -0.15) is 0 Å². The van der Waals surface area contributed by atoms with E-state index in [1.54, 1.807) is 12.3 Å². The summed E-state index contributed by atoms with van der Waals surface area (Å²) in [6.07, 6.45) is 10.6. The van der Waals surface area contributed by atoms with E-state index in [0.717, 1.165) is 29.8 Å². The van der Waals surface area contributed by atoms with Crippen LogP contribution in [0.15, 0.2) is 48.7 Å². The van der Waals surface area contributed by atoms with Gasteiger partial charge in [0.2, 0.25) is 0 Å². The highest BCUT2D eigenvalue weighted by Gasteiger charge is 2.19. The molecule has 0 saturated carbocycles. The fourth-order valence-corrected chi connectivity index (χ4v) is 3.72. The van der Waals surface area contributed by atoms with E-state index in [9.17, 15) is 4.79 Å². The molecule has 1 N–H and O–H groups in total. The number of carbonyl (C=O) groups excluding carboxylic acids is 1. The largest absolute Gasteiger partial charge is 0.341 e. The molecule has 1 unspecified atom stereocenters. The first kappa shape index (κ1) is 21.0. The maximum absolute atomic E-state index is 12.5. The number of para-hydroxylation sites is 2. The van der Waals surface area contributed by atoms with Gasteiger partial charge < -0.3 is 9.88 Å². The van der Waals surface area contributed by atoms with Crippen LogP contribution in [-0.4, -0.2) is 20.4 Å². The zero-order chi connectivity index (χ0) is 20.5. The van der Waals surface area contributed by atoms with Gasteiger partial charge in [-0.25, -0.2) is 4.98 Å². The molecule has 0 spiro atoms. The molecular formula is C24H32N4O. The van der Waals surface area contributed by atoms with Crippen molar-refractivity contribution in [2.75, 3.05) is 0 Å². The van der Waals surface area contributed by atoms with Crippen LogP contribution in [-0.2, 0) is 6.54 Å². The molecule has 0 aliphatic heterocycles. The van der Waals surface area contributed by atoms with E-state index in [2.05, 4.69) is 27.9 Å². The van der Waals surface area contributed by atoms with Crippen molar-refractivity contribution in [1.82, 2.24) is 19.9 Å². The fraction of sp³-hybridized carbons (Fsp3) is 0.458. The molecule has 0 aliphatic carbocycles. The first-order valence-electron chi connectivity index (χ1n) is 10.9. The number of aromatic nitrogens is 3. The third-order valence-electron chi connectivity index (χ3n) is 5.30. The molecule has 1 atom stereocenters. The zero-order valence-electron chi connectivity index (χ0n) is 17.6. The number of hydrogen-bond acceptors (Lipinski definition) is 3. The van der Waals surface area contributed by atoms with Crippen molar-refractivity contribution in [2.45, 2.75) is 71.4 Å². The minimum Gasteiger partial charge on any atom is -0.341 e. The predicted octanol–water partition coefficient (Wildman–Crippen LogP) is 5.67. The smallest absolute Gasteiger partial charge is 0.270 e. The van der Waals surface area contributed by atoms with E-state index < -0.39 is 0 Å². The Bertz CT molecular complexity index is 904. The summed E-state index contributed by atoms with van der Waals surface area (Å²) in [5, 5.41) is 3.05. The molecule has 0 fully saturated rings. The Kier molecular flexibility index (Phi) is 7.79. The Hall–Kier alpha value is -2.69. The molecule has 3 aromatic rings. The lowest BCUT2D eigenvalue weighted by molar-refractivity contribution is 0.0932. The van der Waals surface area contributed by atoms with Gasteiger partial charge in [0.25, 0.3) is 5.91 Å². The van der Waals surface area contributed by atoms with Crippen LogP contribution in [0, 0.1) is 0 Å². The molecule has 3 rings (SSSR count). The summed E-state index contributed by atoms with van der Waals surface area (Å²) in [5.74, 6) is 0.731. The third-order valence-corrected chi connectivity index (χ3v) is 5.30. The summed E-state index contributed by atoms with van der Waals surface area (Å²) < 4.78 is 2.27. The van der Waals surface area contributed by atoms with Gasteiger partial charge in [0, 0.05) is 12.7 Å². The van der Waals surface area contributed by atoms with Gasteiger partial charge >= 0.3 is 0 Å². The lowest BCUT2D eigenvalue weighted by atomic mass is 10.1. The molecule has 0 saturated heterocycles. The third kappa shape index (κ3) is 5.66. The summed E-state index contributed by atoms with van der Waals surface area (Å²) in [7, 11) is 0. The molecule has 0 bridgehead atoms. The minimum atomic E-state index is -0.193. The van der Waals surface area contributed by atoms with Crippen LogP contribution in [0.25, 0.3) is 11.0 Å². The molecular weight excluding hydrogens is 360 g/mol. The quantitative estimate of drug-likeness (QED) is 0.428.